The van der Waals surface area contributed by atoms with Crippen LogP contribution < -0.4 is 0 Å². The zero-order valence-corrected chi connectivity index (χ0v) is 15.9. The zero-order chi connectivity index (χ0) is 17.8. The smallest absolute Gasteiger partial charge is 0.155 e. The van der Waals surface area contributed by atoms with E-state index < -0.39 is 0 Å². The van der Waals surface area contributed by atoms with Gasteiger partial charge in [-0.1, -0.05) is 18.6 Å². The lowest BCUT2D eigenvalue weighted by atomic mass is 9.45. The number of hydrogen-bond donors (Lipinski definition) is 0. The number of carbonyl (C=O) groups excluding carboxylic acids is 2. The molecule has 0 heterocycles. The Bertz CT molecular complexity index is 644. The molecule has 0 aromatic heterocycles. The van der Waals surface area contributed by atoms with Crippen LogP contribution in [0.25, 0.3) is 0 Å². The monoisotopic (exact) mass is 340 g/mol. The van der Waals surface area contributed by atoms with Crippen molar-refractivity contribution in [2.24, 2.45) is 34.5 Å². The number of fused-ring (bicyclic) bond motifs is 5. The lowest BCUT2D eigenvalue weighted by Gasteiger charge is -2.59. The highest BCUT2D eigenvalue weighted by Gasteiger charge is 2.60. The largest absolute Gasteiger partial charge is 0.300 e. The molecule has 2 heteroatoms. The van der Waals surface area contributed by atoms with Crippen LogP contribution in [0.5, 0.6) is 0 Å². The Labute approximate surface area is 152 Å². The highest BCUT2D eigenvalue weighted by molar-refractivity contribution is 5.91. The van der Waals surface area contributed by atoms with Gasteiger partial charge < -0.3 is 0 Å². The Hall–Kier alpha value is -1.18. The van der Waals surface area contributed by atoms with Crippen LogP contribution in [0.3, 0.4) is 0 Å². The van der Waals surface area contributed by atoms with Crippen molar-refractivity contribution in [3.8, 4) is 0 Å². The van der Waals surface area contributed by atoms with Gasteiger partial charge in [-0.15, -0.1) is 6.58 Å². The maximum Gasteiger partial charge on any atom is 0.155 e. The summed E-state index contributed by atoms with van der Waals surface area (Å²) in [5.74, 6) is 3.12. The highest BCUT2D eigenvalue weighted by Crippen LogP contribution is 2.67. The van der Waals surface area contributed by atoms with Gasteiger partial charge in [0.15, 0.2) is 5.78 Å². The Kier molecular flexibility index (Phi) is 4.09. The Morgan fingerprint density at radius 3 is 2.72 bits per heavy atom. The van der Waals surface area contributed by atoms with Crippen molar-refractivity contribution in [2.45, 2.75) is 71.6 Å². The second-order valence-electron chi connectivity index (χ2n) is 9.49. The third-order valence-corrected chi connectivity index (χ3v) is 8.69. The molecule has 0 N–H and O–H groups in total. The minimum Gasteiger partial charge on any atom is -0.300 e. The van der Waals surface area contributed by atoms with E-state index in [9.17, 15) is 9.59 Å². The normalized spacial score (nSPS) is 45.8. The minimum atomic E-state index is 0.189. The van der Waals surface area contributed by atoms with Gasteiger partial charge in [-0.3, -0.25) is 9.59 Å². The molecule has 25 heavy (non-hydrogen) atoms. The van der Waals surface area contributed by atoms with Crippen molar-refractivity contribution >= 4 is 11.6 Å². The third kappa shape index (κ3) is 2.35. The molecular formula is C23H32O2. The van der Waals surface area contributed by atoms with Crippen molar-refractivity contribution in [3.05, 3.63) is 24.3 Å². The van der Waals surface area contributed by atoms with Gasteiger partial charge in [0.2, 0.25) is 0 Å². The first kappa shape index (κ1) is 17.2. The molecule has 0 unspecified atom stereocenters. The SMILES string of the molecule is C=CC[C@@]12CCC(=O)C=C1CC[C@@H]1[C@@H]2CC[C@]2(C)[C@@H](C(C)=O)CC[C@@H]12. The van der Waals surface area contributed by atoms with Crippen LogP contribution in [0.15, 0.2) is 24.3 Å². The number of allylic oxidation sites excluding steroid dienone is 2. The first-order valence-corrected chi connectivity index (χ1v) is 10.3. The molecule has 136 valence electrons. The summed E-state index contributed by atoms with van der Waals surface area (Å²) in [6, 6.07) is 0. The number of Topliss-reactive ketones (excluding diaryl/α,β-unsaturated/α-hetero) is 1. The van der Waals surface area contributed by atoms with E-state index in [0.717, 1.165) is 31.6 Å². The number of ketones is 2. The molecule has 4 rings (SSSR count). The Balaban J connectivity index is 1.71. The molecule has 3 saturated carbocycles. The van der Waals surface area contributed by atoms with Gasteiger partial charge in [-0.25, -0.2) is 0 Å². The fourth-order valence-electron chi connectivity index (χ4n) is 7.67. The van der Waals surface area contributed by atoms with E-state index in [1.54, 1.807) is 6.92 Å². The second kappa shape index (κ2) is 5.93. The predicted octanol–water partition coefficient (Wildman–Crippen LogP) is 5.28. The van der Waals surface area contributed by atoms with Crippen LogP contribution in [0, 0.1) is 34.5 Å². The molecule has 0 saturated heterocycles. The lowest BCUT2D eigenvalue weighted by molar-refractivity contribution is -0.128. The van der Waals surface area contributed by atoms with Crippen molar-refractivity contribution in [2.75, 3.05) is 0 Å². The number of carbonyl (C=O) groups is 2. The molecule has 2 nitrogen and oxygen atoms in total. The Morgan fingerprint density at radius 2 is 2.00 bits per heavy atom. The van der Waals surface area contributed by atoms with Crippen molar-refractivity contribution in [3.63, 3.8) is 0 Å². The van der Waals surface area contributed by atoms with Crippen LogP contribution >= 0.6 is 0 Å². The number of hydrogen-bond acceptors (Lipinski definition) is 2. The van der Waals surface area contributed by atoms with Gasteiger partial charge >= 0.3 is 0 Å². The lowest BCUT2D eigenvalue weighted by Crippen LogP contribution is -2.51. The van der Waals surface area contributed by atoms with Crippen LogP contribution in [0.1, 0.15) is 71.6 Å². The van der Waals surface area contributed by atoms with E-state index in [1.807, 2.05) is 6.08 Å². The van der Waals surface area contributed by atoms with Gasteiger partial charge in [0, 0.05) is 12.3 Å². The van der Waals surface area contributed by atoms with Gasteiger partial charge in [0.25, 0.3) is 0 Å². The fraction of sp³-hybridized carbons (Fsp3) is 0.739. The first-order chi connectivity index (χ1) is 11.9. The molecule has 0 radical (unpaired) electrons. The summed E-state index contributed by atoms with van der Waals surface area (Å²) in [7, 11) is 0. The van der Waals surface area contributed by atoms with Crippen LogP contribution in [-0.4, -0.2) is 11.6 Å². The summed E-state index contributed by atoms with van der Waals surface area (Å²) in [4.78, 5) is 24.3. The van der Waals surface area contributed by atoms with E-state index in [0.29, 0.717) is 29.8 Å². The molecule has 0 amide bonds. The molecule has 0 bridgehead atoms. The van der Waals surface area contributed by atoms with Crippen molar-refractivity contribution < 1.29 is 9.59 Å². The molecular weight excluding hydrogens is 308 g/mol. The van der Waals surface area contributed by atoms with E-state index in [2.05, 4.69) is 19.6 Å². The summed E-state index contributed by atoms with van der Waals surface area (Å²) < 4.78 is 0. The van der Waals surface area contributed by atoms with E-state index in [-0.39, 0.29) is 16.7 Å². The Morgan fingerprint density at radius 1 is 1.20 bits per heavy atom. The van der Waals surface area contributed by atoms with E-state index in [1.165, 1.54) is 31.3 Å². The highest BCUT2D eigenvalue weighted by atomic mass is 16.1. The van der Waals surface area contributed by atoms with Crippen LogP contribution in [-0.2, 0) is 9.59 Å². The second-order valence-corrected chi connectivity index (χ2v) is 9.49. The molecule has 0 aromatic carbocycles. The van der Waals surface area contributed by atoms with Crippen LogP contribution in [0.4, 0.5) is 0 Å². The van der Waals surface area contributed by atoms with Gasteiger partial charge in [-0.2, -0.15) is 0 Å². The molecule has 4 aliphatic carbocycles. The maximum absolute atomic E-state index is 12.2. The molecule has 0 aromatic rings. The molecule has 0 aliphatic heterocycles. The average Bonchev–Trinajstić information content (AvgIpc) is 2.93. The zero-order valence-electron chi connectivity index (χ0n) is 15.9. The topological polar surface area (TPSA) is 34.1 Å². The quantitative estimate of drug-likeness (QED) is 0.655. The summed E-state index contributed by atoms with van der Waals surface area (Å²) in [5.41, 5.74) is 1.83. The van der Waals surface area contributed by atoms with E-state index in [4.69, 9.17) is 0 Å². The fourth-order valence-corrected chi connectivity index (χ4v) is 7.67. The average molecular weight is 341 g/mol. The molecule has 0 spiro atoms. The molecule has 6 atom stereocenters. The van der Waals surface area contributed by atoms with Crippen molar-refractivity contribution in [1.29, 1.82) is 0 Å². The van der Waals surface area contributed by atoms with Crippen LogP contribution in [0.2, 0.25) is 0 Å². The third-order valence-electron chi connectivity index (χ3n) is 8.69. The van der Waals surface area contributed by atoms with E-state index >= 15 is 0 Å². The molecule has 4 aliphatic rings. The minimum absolute atomic E-state index is 0.189. The summed E-state index contributed by atoms with van der Waals surface area (Å²) in [6.45, 7) is 8.27. The molecule has 3 fully saturated rings. The standard InChI is InChI=1S/C23H32O2/c1-4-11-23-13-9-17(25)14-16(23)5-6-18-20-8-7-19(15(2)24)22(20,3)12-10-21(18)23/h4,14,18-21H,1,5-13H2,2-3H3/t18-,19+,20-,21-,22+,23+/m0/s1. The summed E-state index contributed by atoms with van der Waals surface area (Å²) >= 11 is 0. The van der Waals surface area contributed by atoms with Crippen molar-refractivity contribution in [1.82, 2.24) is 0 Å². The van der Waals surface area contributed by atoms with Gasteiger partial charge in [0.05, 0.1) is 0 Å². The summed E-state index contributed by atoms with van der Waals surface area (Å²) in [5, 5.41) is 0. The summed E-state index contributed by atoms with van der Waals surface area (Å²) in [6.07, 6.45) is 13.8. The first-order valence-electron chi connectivity index (χ1n) is 10.3. The predicted molar refractivity (Wildman–Crippen MR) is 100 cm³/mol. The maximum atomic E-state index is 12.2. The van der Waals surface area contributed by atoms with Gasteiger partial charge in [-0.05, 0) is 93.0 Å². The van der Waals surface area contributed by atoms with Gasteiger partial charge in [0.1, 0.15) is 5.78 Å². The number of rotatable bonds is 3.